The fourth-order valence-electron chi connectivity index (χ4n) is 3.13. The summed E-state index contributed by atoms with van der Waals surface area (Å²) in [5.74, 6) is 0. The number of hydrogen-bond acceptors (Lipinski definition) is 0. The molecule has 0 spiro atoms. The molecule has 0 atom stereocenters. The van der Waals surface area contributed by atoms with E-state index < -0.39 is 8.07 Å². The normalized spacial score (nSPS) is 12.7. The van der Waals surface area contributed by atoms with E-state index in [1.165, 1.54) is 82.3 Å². The Labute approximate surface area is 142 Å². The molecule has 130 valence electrons. The highest BCUT2D eigenvalue weighted by Crippen LogP contribution is 2.22. The summed E-state index contributed by atoms with van der Waals surface area (Å²) in [5, 5.41) is 0. The molecule has 0 unspecified atom stereocenters. The smallest absolute Gasteiger partial charge is 0.0766 e. The Balaban J connectivity index is 3.45. The quantitative estimate of drug-likeness (QED) is 0.162. The van der Waals surface area contributed by atoms with Crippen LogP contribution in [0.15, 0.2) is 23.9 Å². The molecule has 0 saturated heterocycles. The fraction of sp³-hybridized carbons (Fsp3) is 0.810. The van der Waals surface area contributed by atoms with E-state index in [0.29, 0.717) is 0 Å². The molecule has 0 rings (SSSR count). The van der Waals surface area contributed by atoms with E-state index in [-0.39, 0.29) is 0 Å². The standard InChI is InChI=1S/C21H42Si/c1-5-9-10-11-12-13-14-15-16-17-18-19-20-21-22(6-2,7-3)8-4/h9-10,20-21H,5-8,11-19H2,1-4H3/b10-9-,21-20+. The van der Waals surface area contributed by atoms with Gasteiger partial charge < -0.3 is 0 Å². The van der Waals surface area contributed by atoms with Crippen molar-refractivity contribution in [3.63, 3.8) is 0 Å². The Morgan fingerprint density at radius 2 is 1.00 bits per heavy atom. The van der Waals surface area contributed by atoms with E-state index in [4.69, 9.17) is 0 Å². The monoisotopic (exact) mass is 322 g/mol. The first-order valence-corrected chi connectivity index (χ1v) is 12.8. The van der Waals surface area contributed by atoms with Gasteiger partial charge in [-0.15, -0.1) is 0 Å². The van der Waals surface area contributed by atoms with Crippen LogP contribution >= 0.6 is 0 Å². The second kappa shape index (κ2) is 15.6. The van der Waals surface area contributed by atoms with E-state index in [1.54, 1.807) is 0 Å². The molecule has 0 aromatic heterocycles. The summed E-state index contributed by atoms with van der Waals surface area (Å²) in [6.07, 6.45) is 20.9. The highest BCUT2D eigenvalue weighted by atomic mass is 28.3. The Hall–Kier alpha value is -0.303. The van der Waals surface area contributed by atoms with Gasteiger partial charge in [0.15, 0.2) is 0 Å². The maximum atomic E-state index is 2.65. The van der Waals surface area contributed by atoms with E-state index in [9.17, 15) is 0 Å². The molecule has 0 radical (unpaired) electrons. The zero-order chi connectivity index (χ0) is 16.5. The van der Waals surface area contributed by atoms with Crippen molar-refractivity contribution >= 4 is 8.07 Å². The van der Waals surface area contributed by atoms with Crippen LogP contribution < -0.4 is 0 Å². The molecular weight excluding hydrogens is 280 g/mol. The van der Waals surface area contributed by atoms with Gasteiger partial charge in [0.2, 0.25) is 0 Å². The summed E-state index contributed by atoms with van der Waals surface area (Å²) < 4.78 is 0. The molecular formula is C21H42Si. The lowest BCUT2D eigenvalue weighted by molar-refractivity contribution is 0.583. The molecule has 1 heteroatoms. The maximum absolute atomic E-state index is 2.65. The molecule has 0 aliphatic heterocycles. The molecule has 0 aliphatic carbocycles. The van der Waals surface area contributed by atoms with Crippen LogP contribution in [-0.2, 0) is 0 Å². The molecule has 0 saturated carbocycles. The molecule has 0 N–H and O–H groups in total. The van der Waals surface area contributed by atoms with Crippen LogP contribution in [0.3, 0.4) is 0 Å². The van der Waals surface area contributed by atoms with Crippen molar-refractivity contribution < 1.29 is 0 Å². The maximum Gasteiger partial charge on any atom is 0.0766 e. The first-order chi connectivity index (χ1) is 10.7. The van der Waals surface area contributed by atoms with Gasteiger partial charge in [0, 0.05) is 0 Å². The van der Waals surface area contributed by atoms with Crippen LogP contribution in [-0.4, -0.2) is 8.07 Å². The predicted octanol–water partition coefficient (Wildman–Crippen LogP) is 8.07. The van der Waals surface area contributed by atoms with Crippen LogP contribution in [0, 0.1) is 0 Å². The van der Waals surface area contributed by atoms with Gasteiger partial charge in [-0.2, -0.15) is 0 Å². The van der Waals surface area contributed by atoms with Gasteiger partial charge in [-0.1, -0.05) is 102 Å². The van der Waals surface area contributed by atoms with Crippen molar-refractivity contribution in [2.45, 2.75) is 110 Å². The zero-order valence-electron chi connectivity index (χ0n) is 16.0. The first-order valence-electron chi connectivity index (χ1n) is 10.1. The Morgan fingerprint density at radius 1 is 0.545 bits per heavy atom. The summed E-state index contributed by atoms with van der Waals surface area (Å²) >= 11 is 0. The highest BCUT2D eigenvalue weighted by molar-refractivity contribution is 6.84. The zero-order valence-corrected chi connectivity index (χ0v) is 17.0. The van der Waals surface area contributed by atoms with E-state index in [2.05, 4.69) is 51.6 Å². The third kappa shape index (κ3) is 11.3. The lowest BCUT2D eigenvalue weighted by atomic mass is 10.1. The average Bonchev–Trinajstić information content (AvgIpc) is 2.56. The minimum absolute atomic E-state index is 1.00. The molecule has 0 aromatic carbocycles. The van der Waals surface area contributed by atoms with Crippen molar-refractivity contribution in [2.75, 3.05) is 0 Å². The van der Waals surface area contributed by atoms with E-state index in [0.717, 1.165) is 0 Å². The van der Waals surface area contributed by atoms with Gasteiger partial charge >= 0.3 is 0 Å². The van der Waals surface area contributed by atoms with Gasteiger partial charge in [0.05, 0.1) is 8.07 Å². The van der Waals surface area contributed by atoms with E-state index >= 15 is 0 Å². The largest absolute Gasteiger partial charge is 0.0981 e. The summed E-state index contributed by atoms with van der Waals surface area (Å²) in [7, 11) is -1.00. The molecule has 0 bridgehead atoms. The van der Waals surface area contributed by atoms with Gasteiger partial charge in [-0.3, -0.25) is 0 Å². The fourth-order valence-corrected chi connectivity index (χ4v) is 6.00. The molecule has 0 heterocycles. The Bertz CT molecular complexity index is 265. The van der Waals surface area contributed by atoms with Crippen molar-refractivity contribution in [3.8, 4) is 0 Å². The van der Waals surface area contributed by atoms with Gasteiger partial charge in [0.1, 0.15) is 0 Å². The SMILES string of the molecule is CC/C=C\CCCCCCCCC/C=C/[Si](CC)(CC)CC. The summed E-state index contributed by atoms with van der Waals surface area (Å²) in [6.45, 7) is 9.38. The summed E-state index contributed by atoms with van der Waals surface area (Å²) in [5.41, 5.74) is 2.65. The summed E-state index contributed by atoms with van der Waals surface area (Å²) in [4.78, 5) is 0. The number of unbranched alkanes of at least 4 members (excludes halogenated alkanes) is 8. The molecule has 0 nitrogen and oxygen atoms in total. The molecule has 0 aromatic rings. The van der Waals surface area contributed by atoms with Gasteiger partial charge in [0.25, 0.3) is 0 Å². The molecule has 22 heavy (non-hydrogen) atoms. The number of hydrogen-bond donors (Lipinski definition) is 0. The third-order valence-electron chi connectivity index (χ3n) is 5.23. The molecule has 0 amide bonds. The van der Waals surface area contributed by atoms with Crippen molar-refractivity contribution in [3.05, 3.63) is 23.9 Å². The van der Waals surface area contributed by atoms with Crippen LogP contribution in [0.25, 0.3) is 0 Å². The highest BCUT2D eigenvalue weighted by Gasteiger charge is 2.22. The van der Waals surface area contributed by atoms with Crippen molar-refractivity contribution in [1.82, 2.24) is 0 Å². The Morgan fingerprint density at radius 3 is 1.45 bits per heavy atom. The van der Waals surface area contributed by atoms with Gasteiger partial charge in [-0.05, 0) is 32.1 Å². The molecule has 0 fully saturated rings. The Kier molecular flexibility index (Phi) is 15.4. The number of allylic oxidation sites excluding steroid dienone is 3. The van der Waals surface area contributed by atoms with Gasteiger partial charge in [-0.25, -0.2) is 0 Å². The van der Waals surface area contributed by atoms with Crippen LogP contribution in [0.1, 0.15) is 91.9 Å². The summed E-state index contributed by atoms with van der Waals surface area (Å²) in [6, 6.07) is 4.26. The topological polar surface area (TPSA) is 0 Å². The van der Waals surface area contributed by atoms with Crippen LogP contribution in [0.4, 0.5) is 0 Å². The lowest BCUT2D eigenvalue weighted by Crippen LogP contribution is -2.28. The second-order valence-corrected chi connectivity index (χ2v) is 11.9. The minimum atomic E-state index is -1.00. The minimum Gasteiger partial charge on any atom is -0.0981 e. The first kappa shape index (κ1) is 21.7. The second-order valence-electron chi connectivity index (χ2n) is 6.76. The van der Waals surface area contributed by atoms with Crippen molar-refractivity contribution in [1.29, 1.82) is 0 Å². The predicted molar refractivity (Wildman–Crippen MR) is 107 cm³/mol. The van der Waals surface area contributed by atoms with Crippen LogP contribution in [0.5, 0.6) is 0 Å². The third-order valence-corrected chi connectivity index (χ3v) is 10.4. The average molecular weight is 323 g/mol. The molecule has 0 aliphatic rings. The van der Waals surface area contributed by atoms with Crippen LogP contribution in [0.2, 0.25) is 18.1 Å². The van der Waals surface area contributed by atoms with Crippen molar-refractivity contribution in [2.24, 2.45) is 0 Å². The lowest BCUT2D eigenvalue weighted by Gasteiger charge is -2.23. The van der Waals surface area contributed by atoms with E-state index in [1.807, 2.05) is 0 Å². The number of rotatable bonds is 15.